The van der Waals surface area contributed by atoms with Gasteiger partial charge in [-0.15, -0.1) is 0 Å². The highest BCUT2D eigenvalue weighted by molar-refractivity contribution is 5.66. The number of hydrogen-bond donors (Lipinski definition) is 1. The first-order valence-corrected chi connectivity index (χ1v) is 6.11. The summed E-state index contributed by atoms with van der Waals surface area (Å²) in [6.45, 7) is 6.01. The maximum Gasteiger partial charge on any atom is 0.0787 e. The Balaban J connectivity index is 1.63. The highest BCUT2D eigenvalue weighted by atomic mass is 16.5. The van der Waals surface area contributed by atoms with Gasteiger partial charge in [0.15, 0.2) is 0 Å². The molecule has 0 saturated carbocycles. The second-order valence-corrected chi connectivity index (χ2v) is 4.65. The number of nitrogens with zero attached hydrogens (tertiary/aromatic N) is 3. The van der Waals surface area contributed by atoms with Crippen LogP contribution >= 0.6 is 0 Å². The van der Waals surface area contributed by atoms with E-state index >= 15 is 0 Å². The number of nitrogens with two attached hydrogens (primary N) is 1. The fourth-order valence-electron chi connectivity index (χ4n) is 2.42. The number of rotatable bonds is 2. The zero-order valence-electron chi connectivity index (χ0n) is 9.88. The number of piperazine rings is 1. The van der Waals surface area contributed by atoms with Crippen molar-refractivity contribution < 1.29 is 4.74 Å². The van der Waals surface area contributed by atoms with E-state index in [0.29, 0.717) is 6.04 Å². The molecular weight excluding hydrogens is 216 g/mol. The van der Waals surface area contributed by atoms with E-state index in [1.54, 1.807) is 6.20 Å². The lowest BCUT2D eigenvalue weighted by molar-refractivity contribution is -0.0660. The Morgan fingerprint density at radius 3 is 2.59 bits per heavy atom. The lowest BCUT2D eigenvalue weighted by Gasteiger charge is -2.43. The van der Waals surface area contributed by atoms with Gasteiger partial charge in [-0.3, -0.25) is 9.88 Å². The monoisotopic (exact) mass is 234 g/mol. The van der Waals surface area contributed by atoms with E-state index in [-0.39, 0.29) is 0 Å². The summed E-state index contributed by atoms with van der Waals surface area (Å²) in [5, 5.41) is 0. The van der Waals surface area contributed by atoms with E-state index in [2.05, 4.69) is 14.8 Å². The molecule has 5 nitrogen and oxygen atoms in total. The van der Waals surface area contributed by atoms with Gasteiger partial charge in [-0.05, 0) is 6.07 Å². The summed E-state index contributed by atoms with van der Waals surface area (Å²) in [6, 6.07) is 2.50. The summed E-state index contributed by atoms with van der Waals surface area (Å²) in [4.78, 5) is 8.97. The van der Waals surface area contributed by atoms with E-state index in [4.69, 9.17) is 10.5 Å². The summed E-state index contributed by atoms with van der Waals surface area (Å²) < 4.78 is 5.23. The van der Waals surface area contributed by atoms with Crippen LogP contribution in [0.25, 0.3) is 0 Å². The van der Waals surface area contributed by atoms with Gasteiger partial charge < -0.3 is 15.4 Å². The third-order valence-electron chi connectivity index (χ3n) is 3.62. The van der Waals surface area contributed by atoms with Gasteiger partial charge in [0.2, 0.25) is 0 Å². The zero-order chi connectivity index (χ0) is 11.7. The minimum atomic E-state index is 0.642. The predicted octanol–water partition coefficient (Wildman–Crippen LogP) is 0.185. The summed E-state index contributed by atoms with van der Waals surface area (Å²) in [6.07, 6.45) is 3.60. The fourth-order valence-corrected chi connectivity index (χ4v) is 2.42. The molecular formula is C12H18N4O. The molecule has 92 valence electrons. The highest BCUT2D eigenvalue weighted by Crippen LogP contribution is 2.23. The number of nitrogen functional groups attached to an aromatic ring is 1. The molecule has 3 rings (SSSR count). The molecule has 0 spiro atoms. The molecule has 2 aliphatic heterocycles. The first kappa shape index (κ1) is 10.8. The van der Waals surface area contributed by atoms with Crippen molar-refractivity contribution in [3.8, 4) is 0 Å². The smallest absolute Gasteiger partial charge is 0.0787 e. The number of pyridine rings is 1. The first-order valence-electron chi connectivity index (χ1n) is 6.11. The van der Waals surface area contributed by atoms with E-state index in [0.717, 1.165) is 50.8 Å². The zero-order valence-corrected chi connectivity index (χ0v) is 9.88. The maximum absolute atomic E-state index is 5.97. The predicted molar refractivity (Wildman–Crippen MR) is 67.0 cm³/mol. The van der Waals surface area contributed by atoms with Gasteiger partial charge in [-0.1, -0.05) is 0 Å². The molecule has 0 unspecified atom stereocenters. The first-order chi connectivity index (χ1) is 8.34. The topological polar surface area (TPSA) is 54.6 Å². The van der Waals surface area contributed by atoms with Crippen molar-refractivity contribution in [2.75, 3.05) is 50.0 Å². The Bertz CT molecular complexity index is 386. The Morgan fingerprint density at radius 1 is 1.24 bits per heavy atom. The van der Waals surface area contributed by atoms with Gasteiger partial charge in [0.25, 0.3) is 0 Å². The molecule has 17 heavy (non-hydrogen) atoms. The van der Waals surface area contributed by atoms with E-state index < -0.39 is 0 Å². The normalized spacial score (nSPS) is 22.5. The summed E-state index contributed by atoms with van der Waals surface area (Å²) in [5.41, 5.74) is 7.85. The van der Waals surface area contributed by atoms with Crippen LogP contribution in [0.3, 0.4) is 0 Å². The average Bonchev–Trinajstić information content (AvgIpc) is 2.29. The van der Waals surface area contributed by atoms with E-state index in [9.17, 15) is 0 Å². The van der Waals surface area contributed by atoms with Gasteiger partial charge in [-0.25, -0.2) is 0 Å². The minimum Gasteiger partial charge on any atom is -0.397 e. The lowest BCUT2D eigenvalue weighted by atomic mass is 10.1. The van der Waals surface area contributed by atoms with Crippen molar-refractivity contribution in [2.24, 2.45) is 0 Å². The fraction of sp³-hybridized carbons (Fsp3) is 0.583. The Kier molecular flexibility index (Phi) is 2.86. The molecule has 2 saturated heterocycles. The highest BCUT2D eigenvalue weighted by Gasteiger charge is 2.29. The maximum atomic E-state index is 5.97. The Hall–Kier alpha value is -1.33. The SMILES string of the molecule is Nc1ccncc1N1CCN(C2COC2)CC1. The van der Waals surface area contributed by atoms with Crippen LogP contribution in [0.5, 0.6) is 0 Å². The van der Waals surface area contributed by atoms with Crippen LogP contribution in [-0.2, 0) is 4.74 Å². The lowest BCUT2D eigenvalue weighted by Crippen LogP contribution is -2.56. The molecule has 1 aromatic heterocycles. The summed E-state index contributed by atoms with van der Waals surface area (Å²) in [5.74, 6) is 0. The largest absolute Gasteiger partial charge is 0.397 e. The second-order valence-electron chi connectivity index (χ2n) is 4.65. The van der Waals surface area contributed by atoms with Crippen molar-refractivity contribution in [1.82, 2.24) is 9.88 Å². The Labute approximate surface area is 101 Å². The molecule has 0 aliphatic carbocycles. The molecule has 2 fully saturated rings. The molecule has 1 aromatic rings. The summed E-state index contributed by atoms with van der Waals surface area (Å²) in [7, 11) is 0. The quantitative estimate of drug-likeness (QED) is 0.791. The van der Waals surface area contributed by atoms with Crippen LogP contribution in [0.1, 0.15) is 0 Å². The van der Waals surface area contributed by atoms with Crippen LogP contribution in [0.4, 0.5) is 11.4 Å². The van der Waals surface area contributed by atoms with Gasteiger partial charge >= 0.3 is 0 Å². The molecule has 3 heterocycles. The average molecular weight is 234 g/mol. The van der Waals surface area contributed by atoms with Crippen LogP contribution in [0.15, 0.2) is 18.5 Å². The van der Waals surface area contributed by atoms with Crippen molar-refractivity contribution in [3.63, 3.8) is 0 Å². The molecule has 5 heteroatoms. The number of aromatic nitrogens is 1. The molecule has 2 N–H and O–H groups in total. The Morgan fingerprint density at radius 2 is 2.00 bits per heavy atom. The third kappa shape index (κ3) is 2.08. The van der Waals surface area contributed by atoms with Crippen molar-refractivity contribution >= 4 is 11.4 Å². The van der Waals surface area contributed by atoms with Crippen molar-refractivity contribution in [3.05, 3.63) is 18.5 Å². The molecule has 0 radical (unpaired) electrons. The minimum absolute atomic E-state index is 0.642. The molecule has 2 aliphatic rings. The van der Waals surface area contributed by atoms with Crippen LogP contribution in [-0.4, -0.2) is 55.3 Å². The van der Waals surface area contributed by atoms with Crippen molar-refractivity contribution in [1.29, 1.82) is 0 Å². The number of anilines is 2. The molecule has 0 amide bonds. The van der Waals surface area contributed by atoms with Gasteiger partial charge in [0, 0.05) is 32.4 Å². The van der Waals surface area contributed by atoms with Gasteiger partial charge in [-0.2, -0.15) is 0 Å². The standard InChI is InChI=1S/C12H18N4O/c13-11-1-2-14-7-12(11)16-5-3-15(4-6-16)10-8-17-9-10/h1-2,7,10H,3-6,8-9H2,(H2,13,14). The number of ether oxygens (including phenoxy) is 1. The summed E-state index contributed by atoms with van der Waals surface area (Å²) >= 11 is 0. The van der Waals surface area contributed by atoms with Gasteiger partial charge in [0.05, 0.1) is 36.8 Å². The van der Waals surface area contributed by atoms with Crippen LogP contribution in [0, 0.1) is 0 Å². The van der Waals surface area contributed by atoms with E-state index in [1.807, 2.05) is 12.3 Å². The third-order valence-corrected chi connectivity index (χ3v) is 3.62. The molecule has 0 aromatic carbocycles. The van der Waals surface area contributed by atoms with Crippen LogP contribution < -0.4 is 10.6 Å². The second kappa shape index (κ2) is 4.50. The number of hydrogen-bond acceptors (Lipinski definition) is 5. The van der Waals surface area contributed by atoms with Crippen molar-refractivity contribution in [2.45, 2.75) is 6.04 Å². The molecule has 0 atom stereocenters. The molecule has 0 bridgehead atoms. The van der Waals surface area contributed by atoms with Crippen LogP contribution in [0.2, 0.25) is 0 Å². The van der Waals surface area contributed by atoms with E-state index in [1.165, 1.54) is 0 Å². The van der Waals surface area contributed by atoms with Gasteiger partial charge in [0.1, 0.15) is 0 Å².